The van der Waals surface area contributed by atoms with Crippen molar-refractivity contribution < 1.29 is 10.0 Å². The average molecular weight is 321 g/mol. The second-order valence-electron chi connectivity index (χ2n) is 7.75. The van der Waals surface area contributed by atoms with Crippen LogP contribution in [0.4, 0.5) is 0 Å². The molecule has 0 aromatic heterocycles. The second kappa shape index (κ2) is 6.14. The van der Waals surface area contributed by atoms with E-state index in [0.717, 1.165) is 15.8 Å². The Balaban J connectivity index is 1.99. The van der Waals surface area contributed by atoms with Crippen molar-refractivity contribution in [1.82, 2.24) is 10.4 Å². The SMILES string of the molecule is CC1(C)CC(C(=O)NCc2ccc([SiH3])cc2)CC(C)(C)N1O. The van der Waals surface area contributed by atoms with Gasteiger partial charge in [-0.05, 0) is 46.1 Å². The number of piperidine rings is 1. The quantitative estimate of drug-likeness (QED) is 0.816. The number of nitrogens with zero attached hydrogens (tertiary/aromatic N) is 1. The zero-order chi connectivity index (χ0) is 16.5. The third kappa shape index (κ3) is 3.77. The maximum atomic E-state index is 12.5. The third-order valence-electron chi connectivity index (χ3n) is 4.60. The summed E-state index contributed by atoms with van der Waals surface area (Å²) >= 11 is 0. The molecule has 0 atom stereocenters. The highest BCUT2D eigenvalue weighted by molar-refractivity contribution is 6.32. The topological polar surface area (TPSA) is 52.6 Å². The molecule has 1 amide bonds. The summed E-state index contributed by atoms with van der Waals surface area (Å²) in [6.07, 6.45) is 1.33. The van der Waals surface area contributed by atoms with Crippen molar-refractivity contribution in [1.29, 1.82) is 0 Å². The van der Waals surface area contributed by atoms with Crippen LogP contribution in [-0.2, 0) is 11.3 Å². The van der Waals surface area contributed by atoms with Crippen LogP contribution in [0.25, 0.3) is 0 Å². The number of nitrogens with one attached hydrogen (secondary N) is 1. The van der Waals surface area contributed by atoms with Crippen molar-refractivity contribution in [3.63, 3.8) is 0 Å². The van der Waals surface area contributed by atoms with Gasteiger partial charge in [-0.1, -0.05) is 29.5 Å². The first kappa shape index (κ1) is 17.2. The number of hydrogen-bond donors (Lipinski definition) is 2. The molecule has 0 saturated carbocycles. The van der Waals surface area contributed by atoms with E-state index in [1.54, 1.807) is 0 Å². The Morgan fingerprint density at radius 3 is 2.23 bits per heavy atom. The van der Waals surface area contributed by atoms with Crippen molar-refractivity contribution in [2.75, 3.05) is 0 Å². The van der Waals surface area contributed by atoms with Gasteiger partial charge in [0.15, 0.2) is 0 Å². The van der Waals surface area contributed by atoms with Gasteiger partial charge in [-0.25, -0.2) is 0 Å². The fraction of sp³-hybridized carbons (Fsp3) is 0.588. The van der Waals surface area contributed by atoms with E-state index in [1.165, 1.54) is 10.2 Å². The average Bonchev–Trinajstić information content (AvgIpc) is 2.43. The van der Waals surface area contributed by atoms with Crippen LogP contribution in [0.15, 0.2) is 24.3 Å². The Kier molecular flexibility index (Phi) is 4.80. The van der Waals surface area contributed by atoms with Gasteiger partial charge in [-0.2, -0.15) is 5.06 Å². The van der Waals surface area contributed by atoms with Gasteiger partial charge in [0.25, 0.3) is 0 Å². The van der Waals surface area contributed by atoms with Crippen LogP contribution in [0.3, 0.4) is 0 Å². The lowest BCUT2D eigenvalue weighted by Gasteiger charge is -2.51. The molecule has 0 aliphatic carbocycles. The van der Waals surface area contributed by atoms with Crippen molar-refractivity contribution in [3.05, 3.63) is 29.8 Å². The normalized spacial score (nSPS) is 21.7. The third-order valence-corrected chi connectivity index (χ3v) is 5.26. The zero-order valence-electron chi connectivity index (χ0n) is 14.3. The van der Waals surface area contributed by atoms with Crippen molar-refractivity contribution in [3.8, 4) is 0 Å². The van der Waals surface area contributed by atoms with Gasteiger partial charge in [0.1, 0.15) is 0 Å². The molecular formula is C17H28N2O2Si. The summed E-state index contributed by atoms with van der Waals surface area (Å²) in [6, 6.07) is 8.38. The molecule has 1 fully saturated rings. The lowest BCUT2D eigenvalue weighted by Crippen LogP contribution is -2.60. The smallest absolute Gasteiger partial charge is 0.223 e. The first-order valence-corrected chi connectivity index (χ1v) is 8.94. The predicted octanol–water partition coefficient (Wildman–Crippen LogP) is 0.952. The van der Waals surface area contributed by atoms with Crippen molar-refractivity contribution in [2.24, 2.45) is 5.92 Å². The molecule has 0 radical (unpaired) electrons. The van der Waals surface area contributed by atoms with Crippen LogP contribution in [0, 0.1) is 5.92 Å². The van der Waals surface area contributed by atoms with Crippen molar-refractivity contribution in [2.45, 2.75) is 58.2 Å². The second-order valence-corrected chi connectivity index (χ2v) is 8.90. The molecule has 0 spiro atoms. The number of carbonyl (C=O) groups is 1. The summed E-state index contributed by atoms with van der Waals surface area (Å²) in [7, 11) is 1.05. The standard InChI is InChI=1S/C17H28N2O2Si/c1-16(2)9-13(10-17(3,4)19(16)21)15(20)18-11-12-5-7-14(22)8-6-12/h5-8,13,21H,9-11H2,1-4,22H3,(H,18,20). The molecule has 1 aromatic rings. The Labute approximate surface area is 136 Å². The summed E-state index contributed by atoms with van der Waals surface area (Å²) in [5, 5.41) is 16.1. The number of benzene rings is 1. The molecule has 5 heteroatoms. The fourth-order valence-electron chi connectivity index (χ4n) is 3.50. The molecule has 1 heterocycles. The molecule has 2 rings (SSSR count). The lowest BCUT2D eigenvalue weighted by molar-refractivity contribution is -0.249. The molecule has 1 saturated heterocycles. The number of amides is 1. The first-order valence-electron chi connectivity index (χ1n) is 7.94. The lowest BCUT2D eigenvalue weighted by atomic mass is 9.75. The molecular weight excluding hydrogens is 292 g/mol. The van der Waals surface area contributed by atoms with Crippen LogP contribution in [-0.4, -0.2) is 37.5 Å². The minimum atomic E-state index is -0.391. The molecule has 1 aliphatic rings. The van der Waals surface area contributed by atoms with E-state index in [1.807, 2.05) is 27.7 Å². The fourth-order valence-corrected chi connectivity index (χ4v) is 3.83. The summed E-state index contributed by atoms with van der Waals surface area (Å²) in [5.74, 6) is 0.0236. The van der Waals surface area contributed by atoms with E-state index < -0.39 is 11.1 Å². The van der Waals surface area contributed by atoms with Crippen LogP contribution in [0.1, 0.15) is 46.1 Å². The zero-order valence-corrected chi connectivity index (χ0v) is 16.3. The van der Waals surface area contributed by atoms with Crippen molar-refractivity contribution >= 4 is 21.3 Å². The van der Waals surface area contributed by atoms with Gasteiger partial charge in [-0.15, -0.1) is 0 Å². The number of rotatable bonds is 3. The Bertz CT molecular complexity index is 522. The van der Waals surface area contributed by atoms with Gasteiger partial charge in [0, 0.05) is 33.8 Å². The molecule has 122 valence electrons. The van der Waals surface area contributed by atoms with E-state index in [9.17, 15) is 10.0 Å². The molecule has 22 heavy (non-hydrogen) atoms. The highest BCUT2D eigenvalue weighted by Crippen LogP contribution is 2.39. The summed E-state index contributed by atoms with van der Waals surface area (Å²) in [6.45, 7) is 8.51. The van der Waals surface area contributed by atoms with Gasteiger partial charge in [0.2, 0.25) is 5.91 Å². The monoisotopic (exact) mass is 320 g/mol. The van der Waals surface area contributed by atoms with E-state index >= 15 is 0 Å². The molecule has 0 unspecified atom stereocenters. The van der Waals surface area contributed by atoms with E-state index in [-0.39, 0.29) is 11.8 Å². The highest BCUT2D eigenvalue weighted by Gasteiger charge is 2.46. The van der Waals surface area contributed by atoms with Crippen LogP contribution in [0.5, 0.6) is 0 Å². The maximum absolute atomic E-state index is 12.5. The Hall–Kier alpha value is -1.17. The Morgan fingerprint density at radius 1 is 1.23 bits per heavy atom. The molecule has 0 bridgehead atoms. The maximum Gasteiger partial charge on any atom is 0.223 e. The van der Waals surface area contributed by atoms with E-state index in [2.05, 4.69) is 29.6 Å². The van der Waals surface area contributed by atoms with Crippen LogP contribution in [0.2, 0.25) is 0 Å². The van der Waals surface area contributed by atoms with Crippen LogP contribution >= 0.6 is 0 Å². The van der Waals surface area contributed by atoms with E-state index in [4.69, 9.17) is 0 Å². The predicted molar refractivity (Wildman–Crippen MR) is 92.4 cm³/mol. The highest BCUT2D eigenvalue weighted by atomic mass is 28.1. The number of hydrogen-bond acceptors (Lipinski definition) is 3. The summed E-state index contributed by atoms with van der Waals surface area (Å²) in [4.78, 5) is 12.5. The van der Waals surface area contributed by atoms with E-state index in [0.29, 0.717) is 19.4 Å². The van der Waals surface area contributed by atoms with Gasteiger partial charge < -0.3 is 10.5 Å². The molecule has 4 nitrogen and oxygen atoms in total. The first-order chi connectivity index (χ1) is 10.1. The largest absolute Gasteiger partial charge is 0.352 e. The van der Waals surface area contributed by atoms with Gasteiger partial charge in [-0.3, -0.25) is 4.79 Å². The number of carbonyl (C=O) groups excluding carboxylic acids is 1. The van der Waals surface area contributed by atoms with Gasteiger partial charge >= 0.3 is 0 Å². The summed E-state index contributed by atoms with van der Waals surface area (Å²) < 4.78 is 0. The van der Waals surface area contributed by atoms with Gasteiger partial charge in [0.05, 0.1) is 0 Å². The summed E-state index contributed by atoms with van der Waals surface area (Å²) in [5.41, 5.74) is 0.349. The molecule has 1 aliphatic heterocycles. The Morgan fingerprint density at radius 2 is 1.73 bits per heavy atom. The molecule has 1 aromatic carbocycles. The molecule has 2 N–H and O–H groups in total. The number of hydroxylamine groups is 2. The van der Waals surface area contributed by atoms with Crippen LogP contribution < -0.4 is 10.5 Å². The minimum Gasteiger partial charge on any atom is -0.352 e. The minimum absolute atomic E-state index is 0.0637.